The third-order valence-electron chi connectivity index (χ3n) is 6.91. The molecule has 3 aromatic rings. The lowest BCUT2D eigenvalue weighted by atomic mass is 9.95. The molecule has 1 unspecified atom stereocenters. The van der Waals surface area contributed by atoms with Crippen molar-refractivity contribution in [3.63, 3.8) is 0 Å². The highest BCUT2D eigenvalue weighted by atomic mass is 32.2. The van der Waals surface area contributed by atoms with E-state index in [2.05, 4.69) is 0 Å². The first kappa shape index (κ1) is 28.6. The Morgan fingerprint density at radius 1 is 0.833 bits per heavy atom. The molecule has 2 aliphatic rings. The summed E-state index contributed by atoms with van der Waals surface area (Å²) in [6, 6.07) is 19.8. The lowest BCUT2D eigenvalue weighted by Crippen LogP contribution is -2.38. The van der Waals surface area contributed by atoms with Crippen molar-refractivity contribution in [2.24, 2.45) is 0 Å². The van der Waals surface area contributed by atoms with E-state index in [1.165, 1.54) is 36.5 Å². The molecule has 3 aromatic carbocycles. The lowest BCUT2D eigenvalue weighted by Gasteiger charge is -2.37. The van der Waals surface area contributed by atoms with Gasteiger partial charge in [0.15, 0.2) is 5.70 Å². The van der Waals surface area contributed by atoms with E-state index in [0.717, 1.165) is 29.7 Å². The van der Waals surface area contributed by atoms with E-state index in [9.17, 15) is 22.4 Å². The average Bonchev–Trinajstić information content (AvgIpc) is 3.16. The third-order valence-corrected chi connectivity index (χ3v) is 8.58. The summed E-state index contributed by atoms with van der Waals surface area (Å²) in [6.45, 7) is 1.81. The molecule has 0 amide bonds. The Morgan fingerprint density at radius 3 is 2.14 bits per heavy atom. The predicted molar refractivity (Wildman–Crippen MR) is 155 cm³/mol. The highest BCUT2D eigenvalue weighted by molar-refractivity contribution is 7.89. The SMILES string of the molecule is COC(=O)C1=C(C(=O)OC)N(S(=O)(=O)c2ccc(C)cc2)C=C(c2cccc(F)c2)N2C(c3ccccc3)=CC=CC12. The van der Waals surface area contributed by atoms with Crippen LogP contribution in [0.1, 0.15) is 16.7 Å². The van der Waals surface area contributed by atoms with Gasteiger partial charge in [0.2, 0.25) is 0 Å². The van der Waals surface area contributed by atoms with Crippen LogP contribution in [-0.4, -0.2) is 49.8 Å². The maximum absolute atomic E-state index is 14.7. The summed E-state index contributed by atoms with van der Waals surface area (Å²) in [5, 5.41) is 0. The third kappa shape index (κ3) is 5.12. The van der Waals surface area contributed by atoms with Gasteiger partial charge in [-0.05, 0) is 42.8 Å². The Kier molecular flexibility index (Phi) is 7.82. The summed E-state index contributed by atoms with van der Waals surface area (Å²) < 4.78 is 54.1. The zero-order valence-electron chi connectivity index (χ0n) is 23.0. The maximum atomic E-state index is 14.7. The fourth-order valence-corrected chi connectivity index (χ4v) is 6.27. The topological polar surface area (TPSA) is 93.2 Å². The Morgan fingerprint density at radius 2 is 1.50 bits per heavy atom. The highest BCUT2D eigenvalue weighted by Crippen LogP contribution is 2.42. The van der Waals surface area contributed by atoms with Gasteiger partial charge >= 0.3 is 11.9 Å². The highest BCUT2D eigenvalue weighted by Gasteiger charge is 2.44. The molecule has 10 heteroatoms. The quantitative estimate of drug-likeness (QED) is 0.375. The van der Waals surface area contributed by atoms with Crippen LogP contribution in [0.3, 0.4) is 0 Å². The molecule has 1 atom stereocenters. The molecule has 5 rings (SSSR count). The zero-order valence-corrected chi connectivity index (χ0v) is 23.8. The van der Waals surface area contributed by atoms with E-state index in [-0.39, 0.29) is 16.2 Å². The second-order valence-corrected chi connectivity index (χ2v) is 11.3. The number of ether oxygens (including phenoxy) is 2. The normalized spacial score (nSPS) is 16.7. The van der Waals surface area contributed by atoms with Crippen LogP contribution in [0.15, 0.2) is 119 Å². The molecule has 0 aromatic heterocycles. The molecule has 8 nitrogen and oxygen atoms in total. The number of benzene rings is 3. The average molecular weight is 587 g/mol. The Labute approximate surface area is 243 Å². The fourth-order valence-electron chi connectivity index (χ4n) is 4.91. The minimum absolute atomic E-state index is 0.136. The largest absolute Gasteiger partial charge is 0.466 e. The molecule has 42 heavy (non-hydrogen) atoms. The molecule has 0 fully saturated rings. The van der Waals surface area contributed by atoms with Crippen LogP contribution in [0.25, 0.3) is 11.4 Å². The van der Waals surface area contributed by atoms with Gasteiger partial charge in [-0.2, -0.15) is 0 Å². The lowest BCUT2D eigenvalue weighted by molar-refractivity contribution is -0.140. The van der Waals surface area contributed by atoms with E-state index in [1.54, 1.807) is 48.3 Å². The first-order valence-electron chi connectivity index (χ1n) is 12.9. The number of carbonyl (C=O) groups excluding carboxylic acids is 2. The molecule has 0 aliphatic carbocycles. The van der Waals surface area contributed by atoms with Crippen molar-refractivity contribution >= 4 is 33.4 Å². The molecule has 0 saturated heterocycles. The second-order valence-electron chi connectivity index (χ2n) is 9.50. The van der Waals surface area contributed by atoms with E-state index in [1.807, 2.05) is 30.3 Å². The van der Waals surface area contributed by atoms with Crippen LogP contribution in [0.5, 0.6) is 0 Å². The molecule has 214 valence electrons. The van der Waals surface area contributed by atoms with Crippen molar-refractivity contribution in [2.75, 3.05) is 14.2 Å². The van der Waals surface area contributed by atoms with Crippen LogP contribution >= 0.6 is 0 Å². The number of rotatable bonds is 6. The number of allylic oxidation sites excluding steroid dienone is 2. The summed E-state index contributed by atoms with van der Waals surface area (Å²) >= 11 is 0. The number of halogens is 1. The van der Waals surface area contributed by atoms with Gasteiger partial charge in [-0.25, -0.2) is 26.7 Å². The summed E-state index contributed by atoms with van der Waals surface area (Å²) in [4.78, 5) is 28.6. The van der Waals surface area contributed by atoms with Crippen LogP contribution in [-0.2, 0) is 29.1 Å². The van der Waals surface area contributed by atoms with Gasteiger partial charge in [-0.1, -0.05) is 72.3 Å². The van der Waals surface area contributed by atoms with Gasteiger partial charge in [0, 0.05) is 17.5 Å². The van der Waals surface area contributed by atoms with E-state index < -0.39 is 39.5 Å². The molecule has 2 aliphatic heterocycles. The molecular formula is C32H27FN2O6S. The smallest absolute Gasteiger partial charge is 0.356 e. The number of hydrogen-bond acceptors (Lipinski definition) is 7. The van der Waals surface area contributed by atoms with Crippen molar-refractivity contribution in [1.29, 1.82) is 0 Å². The van der Waals surface area contributed by atoms with Crippen LogP contribution in [0.2, 0.25) is 0 Å². The van der Waals surface area contributed by atoms with Gasteiger partial charge < -0.3 is 14.4 Å². The first-order valence-corrected chi connectivity index (χ1v) is 14.3. The van der Waals surface area contributed by atoms with E-state index >= 15 is 0 Å². The minimum Gasteiger partial charge on any atom is -0.466 e. The Balaban J connectivity index is 1.90. The number of aryl methyl sites for hydroxylation is 1. The number of sulfonamides is 1. The van der Waals surface area contributed by atoms with Gasteiger partial charge in [0.05, 0.1) is 36.4 Å². The molecule has 2 heterocycles. The number of esters is 2. The first-order chi connectivity index (χ1) is 20.2. The van der Waals surface area contributed by atoms with Gasteiger partial charge in [0.25, 0.3) is 10.0 Å². The summed E-state index contributed by atoms with van der Waals surface area (Å²) in [7, 11) is -2.30. The second kappa shape index (κ2) is 11.5. The molecule has 0 radical (unpaired) electrons. The standard InChI is InChI=1S/C32H27FN2O6S/c1-21-15-17-25(18-16-21)42(38,39)34-20-28(23-11-7-12-24(33)19-23)35-26(22-9-5-4-6-10-22)13-8-14-27(35)29(31(36)40-2)30(34)32(37)41-3/h4-20,27H,1-3H3. The predicted octanol–water partition coefficient (Wildman–Crippen LogP) is 5.02. The fraction of sp³-hybridized carbons (Fsp3) is 0.125. The summed E-state index contributed by atoms with van der Waals surface area (Å²) in [5.74, 6) is -2.58. The van der Waals surface area contributed by atoms with Crippen molar-refractivity contribution in [3.05, 3.63) is 137 Å². The number of hydrogen-bond donors (Lipinski definition) is 0. The van der Waals surface area contributed by atoms with Gasteiger partial charge in [0.1, 0.15) is 5.82 Å². The molecule has 0 bridgehead atoms. The van der Waals surface area contributed by atoms with Crippen molar-refractivity contribution in [2.45, 2.75) is 17.9 Å². The number of nitrogens with zero attached hydrogens (tertiary/aromatic N) is 2. The van der Waals surface area contributed by atoms with Crippen molar-refractivity contribution in [3.8, 4) is 0 Å². The molecule has 0 saturated carbocycles. The summed E-state index contributed by atoms with van der Waals surface area (Å²) in [5.41, 5.74) is 1.80. The van der Waals surface area contributed by atoms with Crippen LogP contribution in [0.4, 0.5) is 4.39 Å². The van der Waals surface area contributed by atoms with Crippen molar-refractivity contribution < 1.29 is 31.9 Å². The van der Waals surface area contributed by atoms with Crippen LogP contribution in [0, 0.1) is 12.7 Å². The van der Waals surface area contributed by atoms with E-state index in [0.29, 0.717) is 11.3 Å². The number of methoxy groups -OCH3 is 2. The molecular weight excluding hydrogens is 559 g/mol. The Bertz CT molecular complexity index is 1780. The molecule has 0 spiro atoms. The van der Waals surface area contributed by atoms with Gasteiger partial charge in [-0.3, -0.25) is 0 Å². The number of fused-ring (bicyclic) bond motifs is 1. The molecule has 0 N–H and O–H groups in total. The van der Waals surface area contributed by atoms with Crippen LogP contribution < -0.4 is 0 Å². The Hall–Kier alpha value is -4.96. The zero-order chi connectivity index (χ0) is 30.0. The maximum Gasteiger partial charge on any atom is 0.356 e. The van der Waals surface area contributed by atoms with Crippen molar-refractivity contribution in [1.82, 2.24) is 9.21 Å². The minimum atomic E-state index is -4.53. The van der Waals surface area contributed by atoms with Gasteiger partial charge in [-0.15, -0.1) is 0 Å². The summed E-state index contributed by atoms with van der Waals surface area (Å²) in [6.07, 6.45) is 6.34. The number of carbonyl (C=O) groups is 2. The van der Waals surface area contributed by atoms with E-state index in [4.69, 9.17) is 9.47 Å². The monoisotopic (exact) mass is 586 g/mol.